The summed E-state index contributed by atoms with van der Waals surface area (Å²) in [5.41, 5.74) is 1.08. The number of carbonyl (C=O) groups excluding carboxylic acids is 1. The first-order chi connectivity index (χ1) is 10.1. The van der Waals surface area contributed by atoms with Crippen molar-refractivity contribution in [3.8, 4) is 5.75 Å². The van der Waals surface area contributed by atoms with E-state index < -0.39 is 10.8 Å². The average molecular weight is 308 g/mol. The van der Waals surface area contributed by atoms with Gasteiger partial charge in [-0.1, -0.05) is 18.2 Å². The summed E-state index contributed by atoms with van der Waals surface area (Å²) >= 11 is 0. The predicted molar refractivity (Wildman–Crippen MR) is 80.9 cm³/mol. The van der Waals surface area contributed by atoms with Gasteiger partial charge in [-0.05, 0) is 24.3 Å². The fraction of sp³-hybridized carbons (Fsp3) is 0.562. The van der Waals surface area contributed by atoms with E-state index in [0.29, 0.717) is 24.5 Å². The SMILES string of the molecule is COC(=O)CC1(CS(=O)CC2COc3ccccc32)CC1. The van der Waals surface area contributed by atoms with Gasteiger partial charge in [-0.2, -0.15) is 0 Å². The van der Waals surface area contributed by atoms with Gasteiger partial charge in [0, 0.05) is 33.8 Å². The summed E-state index contributed by atoms with van der Waals surface area (Å²) in [6.45, 7) is 0.606. The van der Waals surface area contributed by atoms with Crippen LogP contribution in [-0.4, -0.2) is 35.4 Å². The van der Waals surface area contributed by atoms with Crippen molar-refractivity contribution in [1.29, 1.82) is 0 Å². The summed E-state index contributed by atoms with van der Waals surface area (Å²) in [7, 11) is 0.475. The molecule has 1 aliphatic heterocycles. The Morgan fingerprint density at radius 1 is 1.43 bits per heavy atom. The number of benzene rings is 1. The van der Waals surface area contributed by atoms with E-state index in [1.165, 1.54) is 7.11 Å². The van der Waals surface area contributed by atoms with Gasteiger partial charge in [0.25, 0.3) is 0 Å². The topological polar surface area (TPSA) is 52.6 Å². The van der Waals surface area contributed by atoms with Crippen molar-refractivity contribution in [2.45, 2.75) is 25.2 Å². The Kier molecular flexibility index (Phi) is 4.02. The molecule has 0 aromatic heterocycles. The summed E-state index contributed by atoms with van der Waals surface area (Å²) in [5.74, 6) is 2.13. The maximum absolute atomic E-state index is 12.4. The molecule has 1 aromatic rings. The van der Waals surface area contributed by atoms with Crippen molar-refractivity contribution in [2.75, 3.05) is 25.2 Å². The van der Waals surface area contributed by atoms with Crippen molar-refractivity contribution in [3.63, 3.8) is 0 Å². The molecule has 2 atom stereocenters. The van der Waals surface area contributed by atoms with Crippen LogP contribution in [0.5, 0.6) is 5.75 Å². The first-order valence-corrected chi connectivity index (χ1v) is 8.74. The van der Waals surface area contributed by atoms with Gasteiger partial charge in [-0.15, -0.1) is 0 Å². The molecule has 1 fully saturated rings. The minimum atomic E-state index is -0.930. The van der Waals surface area contributed by atoms with Gasteiger partial charge in [0.15, 0.2) is 0 Å². The number of ether oxygens (including phenoxy) is 2. The highest BCUT2D eigenvalue weighted by molar-refractivity contribution is 7.85. The van der Waals surface area contributed by atoms with Crippen LogP contribution in [0.25, 0.3) is 0 Å². The number of rotatable bonds is 6. The Morgan fingerprint density at radius 3 is 2.90 bits per heavy atom. The van der Waals surface area contributed by atoms with E-state index in [9.17, 15) is 9.00 Å². The molecule has 21 heavy (non-hydrogen) atoms. The Hall–Kier alpha value is -1.36. The lowest BCUT2D eigenvalue weighted by molar-refractivity contribution is -0.141. The molecule has 114 valence electrons. The predicted octanol–water partition coefficient (Wildman–Crippen LogP) is 2.25. The minimum Gasteiger partial charge on any atom is -0.493 e. The van der Waals surface area contributed by atoms with Crippen molar-refractivity contribution in [3.05, 3.63) is 29.8 Å². The summed E-state index contributed by atoms with van der Waals surface area (Å²) in [5, 5.41) is 0. The van der Waals surface area contributed by atoms with Crippen LogP contribution in [0.4, 0.5) is 0 Å². The Balaban J connectivity index is 1.57. The average Bonchev–Trinajstić information content (AvgIpc) is 3.10. The lowest BCUT2D eigenvalue weighted by Gasteiger charge is -2.15. The number of methoxy groups -OCH3 is 1. The van der Waals surface area contributed by atoms with Crippen molar-refractivity contribution in [1.82, 2.24) is 0 Å². The third-order valence-electron chi connectivity index (χ3n) is 4.36. The van der Waals surface area contributed by atoms with Crippen LogP contribution in [0.2, 0.25) is 0 Å². The number of carbonyl (C=O) groups is 1. The molecule has 1 aromatic carbocycles. The number of esters is 1. The first kappa shape index (κ1) is 14.6. The molecule has 2 aliphatic rings. The van der Waals surface area contributed by atoms with Crippen molar-refractivity contribution < 1.29 is 18.5 Å². The molecule has 2 unspecified atom stereocenters. The van der Waals surface area contributed by atoms with E-state index in [1.54, 1.807) is 0 Å². The molecular weight excluding hydrogens is 288 g/mol. The van der Waals surface area contributed by atoms with Gasteiger partial charge >= 0.3 is 5.97 Å². The van der Waals surface area contributed by atoms with E-state index in [-0.39, 0.29) is 17.3 Å². The molecule has 0 bridgehead atoms. The molecule has 3 rings (SSSR count). The number of hydrogen-bond donors (Lipinski definition) is 0. The molecule has 5 heteroatoms. The van der Waals surface area contributed by atoms with Crippen LogP contribution in [0.15, 0.2) is 24.3 Å². The van der Waals surface area contributed by atoms with Crippen LogP contribution in [0, 0.1) is 5.41 Å². The van der Waals surface area contributed by atoms with Crippen LogP contribution in [0.3, 0.4) is 0 Å². The fourth-order valence-electron chi connectivity index (χ4n) is 2.92. The van der Waals surface area contributed by atoms with Crippen molar-refractivity contribution in [2.24, 2.45) is 5.41 Å². The zero-order valence-electron chi connectivity index (χ0n) is 12.2. The quantitative estimate of drug-likeness (QED) is 0.756. The van der Waals surface area contributed by atoms with E-state index >= 15 is 0 Å². The van der Waals surface area contributed by atoms with Crippen LogP contribution >= 0.6 is 0 Å². The zero-order chi connectivity index (χ0) is 14.9. The Labute approximate surface area is 127 Å². The monoisotopic (exact) mass is 308 g/mol. The molecule has 0 spiro atoms. The third kappa shape index (κ3) is 3.28. The van der Waals surface area contributed by atoms with E-state index in [2.05, 4.69) is 0 Å². The summed E-state index contributed by atoms with van der Waals surface area (Å²) < 4.78 is 22.8. The second-order valence-electron chi connectivity index (χ2n) is 6.05. The maximum Gasteiger partial charge on any atom is 0.306 e. The van der Waals surface area contributed by atoms with Gasteiger partial charge < -0.3 is 9.47 Å². The Bertz CT molecular complexity index is 565. The van der Waals surface area contributed by atoms with Crippen LogP contribution in [-0.2, 0) is 20.3 Å². The van der Waals surface area contributed by atoms with Crippen molar-refractivity contribution >= 4 is 16.8 Å². The molecule has 1 saturated carbocycles. The Morgan fingerprint density at radius 2 is 2.19 bits per heavy atom. The maximum atomic E-state index is 12.4. The van der Waals surface area contributed by atoms with Gasteiger partial charge in [-0.25, -0.2) is 0 Å². The van der Waals surface area contributed by atoms with Gasteiger partial charge in [0.1, 0.15) is 5.75 Å². The number of fused-ring (bicyclic) bond motifs is 1. The minimum absolute atomic E-state index is 0.0725. The highest BCUT2D eigenvalue weighted by atomic mass is 32.2. The highest BCUT2D eigenvalue weighted by Crippen LogP contribution is 2.50. The largest absolute Gasteiger partial charge is 0.493 e. The first-order valence-electron chi connectivity index (χ1n) is 7.25. The third-order valence-corrected chi connectivity index (χ3v) is 6.07. The van der Waals surface area contributed by atoms with E-state index in [1.807, 2.05) is 24.3 Å². The van der Waals surface area contributed by atoms with Gasteiger partial charge in [0.05, 0.1) is 20.1 Å². The molecule has 0 radical (unpaired) electrons. The number of para-hydroxylation sites is 1. The van der Waals surface area contributed by atoms with Crippen LogP contribution in [0.1, 0.15) is 30.7 Å². The standard InChI is InChI=1S/C16H20O4S/c1-19-15(17)8-16(6-7-16)11-21(18)10-12-9-20-14-5-3-2-4-13(12)14/h2-5,12H,6-11H2,1H3. The molecule has 0 amide bonds. The normalized spacial score (nSPS) is 23.0. The smallest absolute Gasteiger partial charge is 0.306 e. The molecule has 4 nitrogen and oxygen atoms in total. The lowest BCUT2D eigenvalue weighted by atomic mass is 10.0. The molecule has 0 N–H and O–H groups in total. The fourth-order valence-corrected chi connectivity index (χ4v) is 4.84. The van der Waals surface area contributed by atoms with Gasteiger partial charge in [0.2, 0.25) is 0 Å². The van der Waals surface area contributed by atoms with Crippen LogP contribution < -0.4 is 4.74 Å². The van der Waals surface area contributed by atoms with E-state index in [4.69, 9.17) is 9.47 Å². The summed E-state index contributed by atoms with van der Waals surface area (Å²) in [6, 6.07) is 7.94. The summed E-state index contributed by atoms with van der Waals surface area (Å²) in [4.78, 5) is 11.4. The van der Waals surface area contributed by atoms with E-state index in [0.717, 1.165) is 24.2 Å². The lowest BCUT2D eigenvalue weighted by Crippen LogP contribution is -2.21. The molecule has 0 saturated heterocycles. The second-order valence-corrected chi connectivity index (χ2v) is 7.55. The summed E-state index contributed by atoms with van der Waals surface area (Å²) in [6.07, 6.45) is 2.35. The second kappa shape index (κ2) is 5.79. The highest BCUT2D eigenvalue weighted by Gasteiger charge is 2.46. The number of hydrogen-bond acceptors (Lipinski definition) is 4. The van der Waals surface area contributed by atoms with Gasteiger partial charge in [-0.3, -0.25) is 9.00 Å². The molecular formula is C16H20O4S. The molecule has 1 aliphatic carbocycles. The zero-order valence-corrected chi connectivity index (χ0v) is 13.0. The molecule has 1 heterocycles.